The second kappa shape index (κ2) is 7.40. The van der Waals surface area contributed by atoms with Gasteiger partial charge in [-0.1, -0.05) is 36.4 Å². The van der Waals surface area contributed by atoms with E-state index in [4.69, 9.17) is 4.74 Å². The minimum absolute atomic E-state index is 0.0881. The van der Waals surface area contributed by atoms with Gasteiger partial charge in [0.25, 0.3) is 0 Å². The molecule has 5 nitrogen and oxygen atoms in total. The van der Waals surface area contributed by atoms with E-state index in [0.29, 0.717) is 19.6 Å². The zero-order valence-corrected chi connectivity index (χ0v) is 15.0. The molecule has 26 heavy (non-hydrogen) atoms. The normalized spacial score (nSPS) is 18.3. The summed E-state index contributed by atoms with van der Waals surface area (Å²) < 4.78 is 7.81. The van der Waals surface area contributed by atoms with Crippen molar-refractivity contribution >= 4 is 11.4 Å². The summed E-state index contributed by atoms with van der Waals surface area (Å²) in [5.41, 5.74) is 3.95. The number of hydrogen-bond donors (Lipinski definition) is 0. The van der Waals surface area contributed by atoms with E-state index in [-0.39, 0.29) is 11.8 Å². The lowest BCUT2D eigenvalue weighted by Crippen LogP contribution is -2.46. The average molecular weight is 349 g/mol. The number of pyridine rings is 1. The second-order valence-corrected chi connectivity index (χ2v) is 6.77. The number of aryl methyl sites for hydroxylation is 1. The van der Waals surface area contributed by atoms with Gasteiger partial charge in [0.2, 0.25) is 0 Å². The third-order valence-electron chi connectivity index (χ3n) is 5.05. The van der Waals surface area contributed by atoms with E-state index in [9.17, 15) is 4.79 Å². The highest BCUT2D eigenvalue weighted by molar-refractivity contribution is 5.96. The molecule has 3 heterocycles. The molecule has 0 N–H and O–H groups in total. The van der Waals surface area contributed by atoms with Gasteiger partial charge in [0.05, 0.1) is 24.6 Å². The number of fused-ring (bicyclic) bond motifs is 1. The molecule has 1 aromatic carbocycles. The third kappa shape index (κ3) is 3.41. The van der Waals surface area contributed by atoms with Crippen LogP contribution in [0, 0.1) is 6.92 Å². The maximum Gasteiger partial charge on any atom is 0.164 e. The van der Waals surface area contributed by atoms with Crippen LogP contribution < -0.4 is 0 Å². The van der Waals surface area contributed by atoms with Gasteiger partial charge >= 0.3 is 0 Å². The fourth-order valence-corrected chi connectivity index (χ4v) is 3.59. The Labute approximate surface area is 153 Å². The number of rotatable bonds is 5. The Morgan fingerprint density at radius 2 is 2.00 bits per heavy atom. The Morgan fingerprint density at radius 1 is 1.19 bits per heavy atom. The van der Waals surface area contributed by atoms with Crippen molar-refractivity contribution in [2.24, 2.45) is 0 Å². The van der Waals surface area contributed by atoms with Crippen LogP contribution in [0.1, 0.15) is 28.2 Å². The van der Waals surface area contributed by atoms with Crippen LogP contribution in [0.4, 0.5) is 0 Å². The number of imidazole rings is 1. The molecule has 3 aromatic rings. The van der Waals surface area contributed by atoms with Gasteiger partial charge in [-0.15, -0.1) is 0 Å². The minimum atomic E-state index is 0.0881. The SMILES string of the molecule is Cc1nc2ccccn2c1CN1CCOCC1CC(=O)c1ccccc1. The Morgan fingerprint density at radius 3 is 2.85 bits per heavy atom. The van der Waals surface area contributed by atoms with Crippen LogP contribution in [-0.2, 0) is 11.3 Å². The van der Waals surface area contributed by atoms with E-state index in [2.05, 4.69) is 20.5 Å². The molecule has 0 aliphatic carbocycles. The molecule has 4 rings (SSSR count). The highest BCUT2D eigenvalue weighted by Gasteiger charge is 2.27. The van der Waals surface area contributed by atoms with E-state index < -0.39 is 0 Å². The van der Waals surface area contributed by atoms with E-state index in [1.165, 1.54) is 5.69 Å². The van der Waals surface area contributed by atoms with Crippen LogP contribution >= 0.6 is 0 Å². The molecule has 0 saturated carbocycles. The average Bonchev–Trinajstić information content (AvgIpc) is 2.99. The lowest BCUT2D eigenvalue weighted by Gasteiger charge is -2.35. The fraction of sp³-hybridized carbons (Fsp3) is 0.333. The second-order valence-electron chi connectivity index (χ2n) is 6.77. The van der Waals surface area contributed by atoms with Gasteiger partial charge in [-0.05, 0) is 19.1 Å². The molecule has 1 saturated heterocycles. The first-order valence-electron chi connectivity index (χ1n) is 9.05. The van der Waals surface area contributed by atoms with Crippen molar-refractivity contribution in [2.75, 3.05) is 19.8 Å². The van der Waals surface area contributed by atoms with Crippen LogP contribution in [0.15, 0.2) is 54.7 Å². The minimum Gasteiger partial charge on any atom is -0.378 e. The number of ketones is 1. The Hall–Kier alpha value is -2.50. The molecule has 1 unspecified atom stereocenters. The highest BCUT2D eigenvalue weighted by atomic mass is 16.5. The number of aromatic nitrogens is 2. The van der Waals surface area contributed by atoms with Gasteiger partial charge in [0, 0.05) is 37.3 Å². The summed E-state index contributed by atoms with van der Waals surface area (Å²) in [4.78, 5) is 19.6. The number of morpholine rings is 1. The predicted octanol–water partition coefficient (Wildman–Crippen LogP) is 3.12. The standard InChI is InChI=1S/C21H23N3O2/c1-16-19(24-10-6-5-9-21(24)22-16)14-23-11-12-26-15-18(23)13-20(25)17-7-3-2-4-8-17/h2-10,18H,11-15H2,1H3. The van der Waals surface area contributed by atoms with Crippen LogP contribution in [0.5, 0.6) is 0 Å². The predicted molar refractivity (Wildman–Crippen MR) is 100 cm³/mol. The Kier molecular flexibility index (Phi) is 4.82. The van der Waals surface area contributed by atoms with E-state index in [1.807, 2.05) is 55.5 Å². The topological polar surface area (TPSA) is 46.8 Å². The molecular weight excluding hydrogens is 326 g/mol. The van der Waals surface area contributed by atoms with Crippen molar-refractivity contribution in [3.8, 4) is 0 Å². The number of carbonyl (C=O) groups is 1. The summed E-state index contributed by atoms with van der Waals surface area (Å²) in [5.74, 6) is 0.168. The molecule has 0 amide bonds. The van der Waals surface area contributed by atoms with Gasteiger partial charge in [0.15, 0.2) is 5.78 Å². The van der Waals surface area contributed by atoms with Gasteiger partial charge in [-0.2, -0.15) is 0 Å². The monoisotopic (exact) mass is 349 g/mol. The van der Waals surface area contributed by atoms with Crippen LogP contribution in [0.3, 0.4) is 0 Å². The van der Waals surface area contributed by atoms with Crippen molar-refractivity contribution in [1.29, 1.82) is 0 Å². The molecule has 1 aliphatic rings. The molecule has 0 spiro atoms. The molecule has 134 valence electrons. The Bertz CT molecular complexity index is 904. The number of ether oxygens (including phenoxy) is 1. The molecular formula is C21H23N3O2. The van der Waals surface area contributed by atoms with Crippen molar-refractivity contribution in [3.63, 3.8) is 0 Å². The number of carbonyl (C=O) groups excluding carboxylic acids is 1. The number of hydrogen-bond acceptors (Lipinski definition) is 4. The smallest absolute Gasteiger partial charge is 0.164 e. The molecule has 1 fully saturated rings. The lowest BCUT2D eigenvalue weighted by atomic mass is 10.0. The molecule has 2 aromatic heterocycles. The summed E-state index contributed by atoms with van der Waals surface area (Å²) in [6.07, 6.45) is 2.52. The maximum atomic E-state index is 12.6. The first kappa shape index (κ1) is 16.9. The number of nitrogens with zero attached hydrogens (tertiary/aromatic N) is 3. The molecule has 0 bridgehead atoms. The van der Waals surface area contributed by atoms with E-state index in [0.717, 1.165) is 30.0 Å². The lowest BCUT2D eigenvalue weighted by molar-refractivity contribution is -0.0132. The number of Topliss-reactive ketones (excluding diaryl/α,β-unsaturated/α-hetero) is 1. The van der Waals surface area contributed by atoms with Crippen LogP contribution in [0.2, 0.25) is 0 Å². The first-order valence-corrected chi connectivity index (χ1v) is 9.05. The summed E-state index contributed by atoms with van der Waals surface area (Å²) in [7, 11) is 0. The van der Waals surface area contributed by atoms with Crippen molar-refractivity contribution in [2.45, 2.75) is 25.9 Å². The summed E-state index contributed by atoms with van der Waals surface area (Å²) >= 11 is 0. The third-order valence-corrected chi connectivity index (χ3v) is 5.05. The zero-order chi connectivity index (χ0) is 17.9. The van der Waals surface area contributed by atoms with Gasteiger partial charge in [-0.25, -0.2) is 4.98 Å². The van der Waals surface area contributed by atoms with Crippen molar-refractivity contribution in [1.82, 2.24) is 14.3 Å². The number of benzene rings is 1. The van der Waals surface area contributed by atoms with E-state index >= 15 is 0 Å². The molecule has 0 radical (unpaired) electrons. The van der Waals surface area contributed by atoms with Crippen LogP contribution in [-0.4, -0.2) is 45.9 Å². The molecule has 5 heteroatoms. The largest absolute Gasteiger partial charge is 0.378 e. The first-order chi connectivity index (χ1) is 12.7. The molecule has 1 aliphatic heterocycles. The molecule has 1 atom stereocenters. The summed E-state index contributed by atoms with van der Waals surface area (Å²) in [5, 5.41) is 0. The fourth-order valence-electron chi connectivity index (χ4n) is 3.59. The van der Waals surface area contributed by atoms with Crippen molar-refractivity contribution in [3.05, 3.63) is 71.7 Å². The summed E-state index contributed by atoms with van der Waals surface area (Å²) in [6, 6.07) is 15.6. The van der Waals surface area contributed by atoms with Gasteiger partial charge in [0.1, 0.15) is 5.65 Å². The quantitative estimate of drug-likeness (QED) is 0.664. The zero-order valence-electron chi connectivity index (χ0n) is 15.0. The van der Waals surface area contributed by atoms with Gasteiger partial charge in [-0.3, -0.25) is 9.69 Å². The summed E-state index contributed by atoms with van der Waals surface area (Å²) in [6.45, 7) is 4.94. The highest BCUT2D eigenvalue weighted by Crippen LogP contribution is 2.20. The Balaban J connectivity index is 1.54. The van der Waals surface area contributed by atoms with E-state index in [1.54, 1.807) is 0 Å². The van der Waals surface area contributed by atoms with Gasteiger partial charge < -0.3 is 9.14 Å². The van der Waals surface area contributed by atoms with Crippen LogP contribution in [0.25, 0.3) is 5.65 Å². The maximum absolute atomic E-state index is 12.6. The van der Waals surface area contributed by atoms with Crippen molar-refractivity contribution < 1.29 is 9.53 Å².